The van der Waals surface area contributed by atoms with Crippen LogP contribution in [0, 0.1) is 0 Å². The molecule has 0 atom stereocenters. The molecule has 0 unspecified atom stereocenters. The number of rotatable bonds is 10. The number of para-hydroxylation sites is 1. The number of hydrogen-bond donors (Lipinski definition) is 0. The monoisotopic (exact) mass is 777 g/mol. The summed E-state index contributed by atoms with van der Waals surface area (Å²) in [7, 11) is 0. The van der Waals surface area contributed by atoms with E-state index in [0.29, 0.717) is 0 Å². The van der Waals surface area contributed by atoms with Crippen molar-refractivity contribution in [3.63, 3.8) is 0 Å². The third-order valence-electron chi connectivity index (χ3n) is 11.5. The molecule has 0 aliphatic heterocycles. The van der Waals surface area contributed by atoms with Gasteiger partial charge >= 0.3 is 0 Å². The average molecular weight is 778 g/mol. The third-order valence-corrected chi connectivity index (χ3v) is 11.5. The summed E-state index contributed by atoms with van der Waals surface area (Å²) >= 11 is 0. The molecule has 0 saturated carbocycles. The Morgan fingerprint density at radius 2 is 0.525 bits per heavy atom. The second-order valence-corrected chi connectivity index (χ2v) is 15.2. The van der Waals surface area contributed by atoms with Crippen molar-refractivity contribution in [3.05, 3.63) is 261 Å². The van der Waals surface area contributed by atoms with Crippen LogP contribution in [0.3, 0.4) is 0 Å². The van der Waals surface area contributed by atoms with Gasteiger partial charge in [-0.05, 0) is 91.0 Å². The molecule has 0 fully saturated rings. The van der Waals surface area contributed by atoms with Crippen LogP contribution in [0.25, 0.3) is 77.9 Å². The number of anilines is 3. The third kappa shape index (κ3) is 7.46. The zero-order valence-corrected chi connectivity index (χ0v) is 33.8. The maximum atomic E-state index is 2.46. The first-order valence-corrected chi connectivity index (χ1v) is 20.9. The van der Waals surface area contributed by atoms with Gasteiger partial charge in [0.05, 0.1) is 11.4 Å². The van der Waals surface area contributed by atoms with Crippen LogP contribution in [0.1, 0.15) is 0 Å². The van der Waals surface area contributed by atoms with E-state index in [9.17, 15) is 0 Å². The van der Waals surface area contributed by atoms with E-state index >= 15 is 0 Å². The molecule has 0 spiro atoms. The average Bonchev–Trinajstić information content (AvgIpc) is 3.35. The number of benzene rings is 10. The van der Waals surface area contributed by atoms with Gasteiger partial charge in [0.1, 0.15) is 0 Å². The summed E-state index contributed by atoms with van der Waals surface area (Å²) in [5.41, 5.74) is 19.8. The zero-order valence-electron chi connectivity index (χ0n) is 33.8. The Bertz CT molecular complexity index is 3030. The lowest BCUT2D eigenvalue weighted by atomic mass is 9.85. The van der Waals surface area contributed by atoms with Gasteiger partial charge < -0.3 is 4.90 Å². The van der Waals surface area contributed by atoms with Gasteiger partial charge in [0.15, 0.2) is 0 Å². The van der Waals surface area contributed by atoms with Gasteiger partial charge in [0.25, 0.3) is 0 Å². The standard InChI is InChI=1S/C60H43N/c1-6-22-44(23-7-1)51-32-16-18-35-55(51)56-36-19-17-33-52(56)47-38-40-50(41-39-47)61(57-37-21-20-34-53(57)45-24-8-2-9-25-45)58-43-42-54(46-26-10-3-11-27-46)59(48-28-12-4-13-29-48)60(58)49-30-14-5-15-31-49/h1-43H. The quantitative estimate of drug-likeness (QED) is 0.134. The molecule has 0 amide bonds. The van der Waals surface area contributed by atoms with E-state index in [0.717, 1.165) is 39.3 Å². The van der Waals surface area contributed by atoms with Crippen LogP contribution in [0.2, 0.25) is 0 Å². The van der Waals surface area contributed by atoms with Crippen LogP contribution in [0.5, 0.6) is 0 Å². The predicted molar refractivity (Wildman–Crippen MR) is 259 cm³/mol. The summed E-state index contributed by atoms with van der Waals surface area (Å²) in [6.07, 6.45) is 0. The van der Waals surface area contributed by atoms with Crippen LogP contribution in [0.4, 0.5) is 17.1 Å². The van der Waals surface area contributed by atoms with Crippen molar-refractivity contribution in [1.82, 2.24) is 0 Å². The molecule has 1 nitrogen and oxygen atoms in total. The molecule has 0 heterocycles. The van der Waals surface area contributed by atoms with Gasteiger partial charge in [-0.3, -0.25) is 0 Å². The molecule has 0 N–H and O–H groups in total. The normalized spacial score (nSPS) is 11.0. The highest BCUT2D eigenvalue weighted by molar-refractivity contribution is 6.04. The van der Waals surface area contributed by atoms with Gasteiger partial charge in [0.2, 0.25) is 0 Å². The van der Waals surface area contributed by atoms with Crippen LogP contribution in [0.15, 0.2) is 261 Å². The lowest BCUT2D eigenvalue weighted by Crippen LogP contribution is -2.13. The SMILES string of the molecule is c1ccc(-c2ccccc2-c2ccccc2-c2ccc(N(c3ccccc3-c3ccccc3)c3ccc(-c4ccccc4)c(-c4ccccc4)c3-c3ccccc3)cc2)cc1. The molecule has 288 valence electrons. The highest BCUT2D eigenvalue weighted by Gasteiger charge is 2.25. The van der Waals surface area contributed by atoms with Crippen LogP contribution in [-0.4, -0.2) is 0 Å². The minimum absolute atomic E-state index is 1.07. The molecule has 0 radical (unpaired) electrons. The van der Waals surface area contributed by atoms with E-state index in [1.165, 1.54) is 55.6 Å². The van der Waals surface area contributed by atoms with Crippen molar-refractivity contribution in [3.8, 4) is 77.9 Å². The molecule has 1 heteroatoms. The first kappa shape index (κ1) is 37.3. The van der Waals surface area contributed by atoms with Crippen LogP contribution < -0.4 is 4.90 Å². The van der Waals surface area contributed by atoms with Crippen LogP contribution in [-0.2, 0) is 0 Å². The van der Waals surface area contributed by atoms with Crippen molar-refractivity contribution in [2.75, 3.05) is 4.90 Å². The van der Waals surface area contributed by atoms with Gasteiger partial charge in [-0.1, -0.05) is 237 Å². The smallest absolute Gasteiger partial charge is 0.0546 e. The van der Waals surface area contributed by atoms with Crippen molar-refractivity contribution in [2.24, 2.45) is 0 Å². The fraction of sp³-hybridized carbons (Fsp3) is 0. The summed E-state index contributed by atoms with van der Waals surface area (Å²) in [6, 6.07) is 94.0. The molecule has 10 aromatic rings. The van der Waals surface area contributed by atoms with Gasteiger partial charge in [-0.15, -0.1) is 0 Å². The summed E-state index contributed by atoms with van der Waals surface area (Å²) in [5, 5.41) is 0. The molecule has 0 aromatic heterocycles. The van der Waals surface area contributed by atoms with E-state index in [-0.39, 0.29) is 0 Å². The van der Waals surface area contributed by atoms with E-state index in [2.05, 4.69) is 266 Å². The number of nitrogens with zero attached hydrogens (tertiary/aromatic N) is 1. The maximum absolute atomic E-state index is 2.46. The van der Waals surface area contributed by atoms with Crippen molar-refractivity contribution in [1.29, 1.82) is 0 Å². The molecule has 61 heavy (non-hydrogen) atoms. The minimum Gasteiger partial charge on any atom is -0.309 e. The molecule has 10 aromatic carbocycles. The van der Waals surface area contributed by atoms with Crippen molar-refractivity contribution >= 4 is 17.1 Å². The predicted octanol–water partition coefficient (Wildman–Crippen LogP) is 16.8. The second kappa shape index (κ2) is 17.1. The Kier molecular flexibility index (Phi) is 10.4. The minimum atomic E-state index is 1.07. The molecule has 0 aliphatic rings. The Hall–Kier alpha value is -8.00. The highest BCUT2D eigenvalue weighted by atomic mass is 15.1. The van der Waals surface area contributed by atoms with E-state index in [1.54, 1.807) is 0 Å². The topological polar surface area (TPSA) is 3.24 Å². The Balaban J connectivity index is 1.21. The van der Waals surface area contributed by atoms with Crippen molar-refractivity contribution < 1.29 is 0 Å². The molecule has 0 saturated heterocycles. The largest absolute Gasteiger partial charge is 0.309 e. The summed E-state index contributed by atoms with van der Waals surface area (Å²) in [6.45, 7) is 0. The Labute approximate surface area is 359 Å². The highest BCUT2D eigenvalue weighted by Crippen LogP contribution is 2.51. The first-order chi connectivity index (χ1) is 30.3. The van der Waals surface area contributed by atoms with Crippen molar-refractivity contribution in [2.45, 2.75) is 0 Å². The van der Waals surface area contributed by atoms with Crippen LogP contribution >= 0.6 is 0 Å². The fourth-order valence-corrected chi connectivity index (χ4v) is 8.72. The molecular formula is C60H43N. The molecule has 0 bridgehead atoms. The summed E-state index contributed by atoms with van der Waals surface area (Å²) in [4.78, 5) is 2.46. The fourth-order valence-electron chi connectivity index (χ4n) is 8.72. The first-order valence-electron chi connectivity index (χ1n) is 20.9. The second-order valence-electron chi connectivity index (χ2n) is 15.2. The Morgan fingerprint density at radius 1 is 0.180 bits per heavy atom. The molecular weight excluding hydrogens is 735 g/mol. The summed E-state index contributed by atoms with van der Waals surface area (Å²) in [5.74, 6) is 0. The van der Waals surface area contributed by atoms with E-state index in [1.807, 2.05) is 0 Å². The molecule has 0 aliphatic carbocycles. The van der Waals surface area contributed by atoms with Gasteiger partial charge in [-0.25, -0.2) is 0 Å². The number of hydrogen-bond acceptors (Lipinski definition) is 1. The zero-order chi connectivity index (χ0) is 40.8. The lowest BCUT2D eigenvalue weighted by molar-refractivity contribution is 1.28. The lowest BCUT2D eigenvalue weighted by Gasteiger charge is -2.32. The maximum Gasteiger partial charge on any atom is 0.0546 e. The molecule has 10 rings (SSSR count). The summed E-state index contributed by atoms with van der Waals surface area (Å²) < 4.78 is 0. The Morgan fingerprint density at radius 3 is 1.02 bits per heavy atom. The van der Waals surface area contributed by atoms with Gasteiger partial charge in [-0.2, -0.15) is 0 Å². The van der Waals surface area contributed by atoms with Gasteiger partial charge in [0, 0.05) is 16.8 Å². The van der Waals surface area contributed by atoms with E-state index < -0.39 is 0 Å². The van der Waals surface area contributed by atoms with E-state index in [4.69, 9.17) is 0 Å².